The van der Waals surface area contributed by atoms with Crippen molar-refractivity contribution in [2.45, 2.75) is 70.9 Å². The molecule has 0 radical (unpaired) electrons. The molecule has 1 N–H and O–H groups in total. The molecule has 2 fully saturated rings. The number of nitrogens with one attached hydrogen (secondary N) is 1. The van der Waals surface area contributed by atoms with Crippen LogP contribution in [0.3, 0.4) is 0 Å². The zero-order chi connectivity index (χ0) is 14.6. The molecule has 2 rings (SSSR count). The second kappa shape index (κ2) is 6.76. The molecule has 0 aromatic rings. The lowest BCUT2D eigenvalue weighted by molar-refractivity contribution is -0.0220. The minimum absolute atomic E-state index is 0.332. The van der Waals surface area contributed by atoms with Crippen LogP contribution in [0.1, 0.15) is 59.8 Å². The Morgan fingerprint density at radius 2 is 1.85 bits per heavy atom. The van der Waals surface area contributed by atoms with Crippen LogP contribution >= 0.6 is 0 Å². The van der Waals surface area contributed by atoms with Crippen LogP contribution in [0.15, 0.2) is 0 Å². The Bertz CT molecular complexity index is 299. The summed E-state index contributed by atoms with van der Waals surface area (Å²) in [6.07, 6.45) is 6.40. The molecule has 0 amide bonds. The average molecular weight is 282 g/mol. The molecule has 1 heterocycles. The Labute approximate surface area is 125 Å². The first-order valence-corrected chi connectivity index (χ1v) is 8.68. The first kappa shape index (κ1) is 16.3. The molecule has 1 aliphatic carbocycles. The number of ether oxygens (including phenoxy) is 1. The maximum Gasteiger partial charge on any atom is 0.0593 e. The Balaban J connectivity index is 1.98. The van der Waals surface area contributed by atoms with E-state index in [1.54, 1.807) is 0 Å². The van der Waals surface area contributed by atoms with Gasteiger partial charge in [-0.15, -0.1) is 0 Å². The summed E-state index contributed by atoms with van der Waals surface area (Å²) in [7, 11) is 0. The normalized spacial score (nSPS) is 30.6. The summed E-state index contributed by atoms with van der Waals surface area (Å²) < 4.78 is 5.75. The minimum atomic E-state index is 0.332. The van der Waals surface area contributed by atoms with Crippen LogP contribution in [0.5, 0.6) is 0 Å². The van der Waals surface area contributed by atoms with Crippen molar-refractivity contribution in [3.8, 4) is 0 Å². The maximum absolute atomic E-state index is 5.75. The van der Waals surface area contributed by atoms with Crippen LogP contribution < -0.4 is 5.32 Å². The molecule has 2 aliphatic rings. The Morgan fingerprint density at radius 3 is 2.40 bits per heavy atom. The third kappa shape index (κ3) is 3.37. The first-order valence-electron chi connectivity index (χ1n) is 8.68. The van der Waals surface area contributed by atoms with E-state index in [0.29, 0.717) is 11.1 Å². The van der Waals surface area contributed by atoms with Crippen molar-refractivity contribution in [2.24, 2.45) is 5.92 Å². The summed E-state index contributed by atoms with van der Waals surface area (Å²) in [6.45, 7) is 14.5. The van der Waals surface area contributed by atoms with Crippen molar-refractivity contribution >= 4 is 0 Å². The molecule has 1 saturated heterocycles. The van der Waals surface area contributed by atoms with Crippen LogP contribution in [0, 0.1) is 5.92 Å². The highest BCUT2D eigenvalue weighted by Gasteiger charge is 2.49. The molecule has 1 atom stereocenters. The van der Waals surface area contributed by atoms with E-state index < -0.39 is 0 Å². The van der Waals surface area contributed by atoms with Gasteiger partial charge in [0.2, 0.25) is 0 Å². The van der Waals surface area contributed by atoms with Crippen molar-refractivity contribution in [3.05, 3.63) is 0 Å². The van der Waals surface area contributed by atoms with Crippen molar-refractivity contribution in [3.63, 3.8) is 0 Å². The lowest BCUT2D eigenvalue weighted by Crippen LogP contribution is -2.70. The zero-order valence-electron chi connectivity index (χ0n) is 14.0. The quantitative estimate of drug-likeness (QED) is 0.693. The lowest BCUT2D eigenvalue weighted by atomic mass is 9.81. The van der Waals surface area contributed by atoms with Crippen LogP contribution in [-0.2, 0) is 4.74 Å². The predicted octanol–water partition coefficient (Wildman–Crippen LogP) is 3.05. The van der Waals surface area contributed by atoms with Gasteiger partial charge in [0.15, 0.2) is 0 Å². The molecule has 20 heavy (non-hydrogen) atoms. The maximum atomic E-state index is 5.75. The third-order valence-electron chi connectivity index (χ3n) is 5.66. The number of hydrogen-bond donors (Lipinski definition) is 1. The van der Waals surface area contributed by atoms with E-state index in [1.807, 2.05) is 0 Å². The number of hydrogen-bond acceptors (Lipinski definition) is 3. The van der Waals surface area contributed by atoms with E-state index in [2.05, 4.69) is 37.9 Å². The van der Waals surface area contributed by atoms with Crippen molar-refractivity contribution in [1.29, 1.82) is 0 Å². The van der Waals surface area contributed by atoms with E-state index in [4.69, 9.17) is 4.74 Å². The fourth-order valence-electron chi connectivity index (χ4n) is 3.78. The van der Waals surface area contributed by atoms with Gasteiger partial charge >= 0.3 is 0 Å². The topological polar surface area (TPSA) is 24.5 Å². The summed E-state index contributed by atoms with van der Waals surface area (Å²) in [5, 5.41) is 3.90. The highest BCUT2D eigenvalue weighted by molar-refractivity contribution is 5.08. The summed E-state index contributed by atoms with van der Waals surface area (Å²) in [4.78, 5) is 2.73. The minimum Gasteiger partial charge on any atom is -0.380 e. The fraction of sp³-hybridized carbons (Fsp3) is 1.00. The van der Waals surface area contributed by atoms with E-state index in [0.717, 1.165) is 38.6 Å². The molecule has 0 spiro atoms. The van der Waals surface area contributed by atoms with Gasteiger partial charge in [-0.2, -0.15) is 0 Å². The van der Waals surface area contributed by atoms with Crippen molar-refractivity contribution in [1.82, 2.24) is 10.2 Å². The zero-order valence-corrected chi connectivity index (χ0v) is 14.0. The fourth-order valence-corrected chi connectivity index (χ4v) is 3.78. The number of piperazine rings is 1. The van der Waals surface area contributed by atoms with Gasteiger partial charge in [0, 0.05) is 37.3 Å². The first-order chi connectivity index (χ1) is 9.60. The molecule has 0 aromatic carbocycles. The van der Waals surface area contributed by atoms with Gasteiger partial charge in [-0.3, -0.25) is 4.90 Å². The molecule has 1 unspecified atom stereocenters. The average Bonchev–Trinajstić information content (AvgIpc) is 3.30. The summed E-state index contributed by atoms with van der Waals surface area (Å²) in [5.74, 6) is 0.897. The van der Waals surface area contributed by atoms with Gasteiger partial charge in [0.1, 0.15) is 0 Å². The van der Waals surface area contributed by atoms with E-state index in [1.165, 1.54) is 32.2 Å². The van der Waals surface area contributed by atoms with E-state index in [-0.39, 0.29) is 0 Å². The van der Waals surface area contributed by atoms with Crippen LogP contribution in [-0.4, -0.2) is 48.8 Å². The monoisotopic (exact) mass is 282 g/mol. The molecule has 1 saturated carbocycles. The molecular weight excluding hydrogens is 248 g/mol. The highest BCUT2D eigenvalue weighted by atomic mass is 16.5. The van der Waals surface area contributed by atoms with Gasteiger partial charge in [0.25, 0.3) is 0 Å². The Kier molecular flexibility index (Phi) is 5.49. The van der Waals surface area contributed by atoms with Gasteiger partial charge < -0.3 is 10.1 Å². The second-order valence-corrected chi connectivity index (χ2v) is 7.01. The predicted molar refractivity (Wildman–Crippen MR) is 85.1 cm³/mol. The second-order valence-electron chi connectivity index (χ2n) is 7.01. The third-order valence-corrected chi connectivity index (χ3v) is 5.66. The Hall–Kier alpha value is -0.120. The van der Waals surface area contributed by atoms with Crippen molar-refractivity contribution < 1.29 is 4.74 Å². The van der Waals surface area contributed by atoms with Gasteiger partial charge in [-0.25, -0.2) is 0 Å². The SMILES string of the molecule is CCCOCCN1CC(C)(C2CC2)NCC1(CC)CC. The van der Waals surface area contributed by atoms with E-state index in [9.17, 15) is 0 Å². The largest absolute Gasteiger partial charge is 0.380 e. The molecule has 3 nitrogen and oxygen atoms in total. The summed E-state index contributed by atoms with van der Waals surface area (Å²) in [5.41, 5.74) is 0.669. The molecule has 118 valence electrons. The lowest BCUT2D eigenvalue weighted by Gasteiger charge is -2.54. The van der Waals surface area contributed by atoms with Gasteiger partial charge in [-0.1, -0.05) is 20.8 Å². The molecule has 0 aromatic heterocycles. The molecular formula is C17H34N2O. The Morgan fingerprint density at radius 1 is 1.15 bits per heavy atom. The molecule has 0 bridgehead atoms. The smallest absolute Gasteiger partial charge is 0.0593 e. The summed E-state index contributed by atoms with van der Waals surface area (Å²) in [6, 6.07) is 0. The van der Waals surface area contributed by atoms with Crippen molar-refractivity contribution in [2.75, 3.05) is 32.8 Å². The highest BCUT2D eigenvalue weighted by Crippen LogP contribution is 2.43. The molecule has 3 heteroatoms. The van der Waals surface area contributed by atoms with Crippen LogP contribution in [0.25, 0.3) is 0 Å². The van der Waals surface area contributed by atoms with Crippen LogP contribution in [0.4, 0.5) is 0 Å². The standard InChI is InChI=1S/C17H34N2O/c1-5-11-20-12-10-19-14-16(4,15-8-9-15)18-13-17(19,6-2)7-3/h15,18H,5-14H2,1-4H3. The summed E-state index contributed by atoms with van der Waals surface area (Å²) >= 11 is 0. The number of nitrogens with zero attached hydrogens (tertiary/aromatic N) is 1. The van der Waals surface area contributed by atoms with Crippen LogP contribution in [0.2, 0.25) is 0 Å². The van der Waals surface area contributed by atoms with E-state index >= 15 is 0 Å². The molecule has 1 aliphatic heterocycles. The van der Waals surface area contributed by atoms with Gasteiger partial charge in [-0.05, 0) is 44.9 Å². The number of rotatable bonds is 8. The van der Waals surface area contributed by atoms with Gasteiger partial charge in [0.05, 0.1) is 6.61 Å².